The fourth-order valence-corrected chi connectivity index (χ4v) is 0.881. The Balaban J connectivity index is 2.89. The van der Waals surface area contributed by atoms with Gasteiger partial charge in [0.1, 0.15) is 0 Å². The predicted octanol–water partition coefficient (Wildman–Crippen LogP) is 1.42. The van der Waals surface area contributed by atoms with Crippen LogP contribution in [0.15, 0.2) is 0 Å². The summed E-state index contributed by atoms with van der Waals surface area (Å²) in [7, 11) is 0. The zero-order valence-corrected chi connectivity index (χ0v) is 7.54. The van der Waals surface area contributed by atoms with Crippen molar-refractivity contribution in [3.8, 4) is 18.2 Å². The van der Waals surface area contributed by atoms with E-state index in [1.54, 1.807) is 0 Å². The zero-order chi connectivity index (χ0) is 9.84. The van der Waals surface area contributed by atoms with Gasteiger partial charge in [0.25, 0.3) is 5.88 Å². The van der Waals surface area contributed by atoms with Gasteiger partial charge in [-0.1, -0.05) is 5.92 Å². The largest absolute Gasteiger partial charge is 0.463 e. The molecule has 0 saturated heterocycles. The van der Waals surface area contributed by atoms with Crippen molar-refractivity contribution in [3.05, 3.63) is 12.0 Å². The Bertz CT molecular complexity index is 325. The molecule has 1 aromatic rings. The summed E-state index contributed by atoms with van der Waals surface area (Å²) in [6, 6.07) is 0.0218. The lowest BCUT2D eigenvalue weighted by molar-refractivity contribution is 0.299. The summed E-state index contributed by atoms with van der Waals surface area (Å²) in [6.07, 6.45) is 7.16. The highest BCUT2D eigenvalue weighted by molar-refractivity contribution is 5.12. The van der Waals surface area contributed by atoms with Crippen molar-refractivity contribution in [3.63, 3.8) is 0 Å². The van der Waals surface area contributed by atoms with Crippen molar-refractivity contribution in [2.45, 2.75) is 19.9 Å². The van der Waals surface area contributed by atoms with Crippen LogP contribution in [-0.4, -0.2) is 16.4 Å². The van der Waals surface area contributed by atoms with Crippen LogP contribution in [0.4, 0.5) is 4.39 Å². The first-order chi connectivity index (χ1) is 6.16. The third-order valence-electron chi connectivity index (χ3n) is 1.43. The highest BCUT2D eigenvalue weighted by atomic mass is 19.1. The number of halogens is 1. The lowest BCUT2D eigenvalue weighted by Crippen LogP contribution is -2.07. The normalized spacial score (nSPS) is 10.1. The van der Waals surface area contributed by atoms with E-state index in [0.29, 0.717) is 0 Å². The Labute approximate surface area is 76.5 Å². The molecule has 13 heavy (non-hydrogen) atoms. The summed E-state index contributed by atoms with van der Waals surface area (Å²) in [4.78, 5) is 0. The number of nitrogens with zero attached hydrogens (tertiary/aromatic N) is 2. The summed E-state index contributed by atoms with van der Waals surface area (Å²) < 4.78 is 19.3. The van der Waals surface area contributed by atoms with Crippen molar-refractivity contribution < 1.29 is 9.13 Å². The van der Waals surface area contributed by atoms with Crippen LogP contribution < -0.4 is 4.74 Å². The lowest BCUT2D eigenvalue weighted by atomic mass is 10.4. The molecule has 0 atom stereocenters. The van der Waals surface area contributed by atoms with Crippen LogP contribution in [0.3, 0.4) is 0 Å². The second-order valence-electron chi connectivity index (χ2n) is 2.76. The third-order valence-corrected chi connectivity index (χ3v) is 1.43. The molecule has 0 aromatic carbocycles. The molecule has 69 valence electrons. The van der Waals surface area contributed by atoms with E-state index in [2.05, 4.69) is 17.2 Å². The molecule has 3 nitrogen and oxygen atoms in total. The number of aromatic nitrogens is 2. The lowest BCUT2D eigenvalue weighted by Gasteiger charge is -2.09. The van der Waals surface area contributed by atoms with Gasteiger partial charge in [0, 0.05) is 0 Å². The summed E-state index contributed by atoms with van der Waals surface area (Å²) in [5.41, 5.74) is 0. The quantitative estimate of drug-likeness (QED) is 0.659. The van der Waals surface area contributed by atoms with Gasteiger partial charge in [0.2, 0.25) is 5.82 Å². The van der Waals surface area contributed by atoms with E-state index < -0.39 is 5.82 Å². The molecule has 0 bridgehead atoms. The minimum atomic E-state index is -0.607. The Hall–Kier alpha value is -1.50. The maximum Gasteiger partial charge on any atom is 0.250 e. The Morgan fingerprint density at radius 2 is 2.46 bits per heavy atom. The summed E-state index contributed by atoms with van der Waals surface area (Å²) >= 11 is 0. The number of ether oxygens (including phenoxy) is 1. The smallest absolute Gasteiger partial charge is 0.250 e. The van der Waals surface area contributed by atoms with Crippen molar-refractivity contribution in [1.29, 1.82) is 0 Å². The molecule has 1 radical (unpaired) electrons. The first kappa shape index (κ1) is 9.59. The van der Waals surface area contributed by atoms with Crippen LogP contribution in [-0.2, 0) is 0 Å². The first-order valence-electron chi connectivity index (χ1n) is 3.88. The molecular weight excluding hydrogens is 171 g/mol. The van der Waals surface area contributed by atoms with Gasteiger partial charge in [-0.15, -0.1) is 6.42 Å². The fraction of sp³-hybridized carbons (Fsp3) is 0.444. The van der Waals surface area contributed by atoms with Crippen LogP contribution in [0.5, 0.6) is 5.88 Å². The predicted molar refractivity (Wildman–Crippen MR) is 45.7 cm³/mol. The van der Waals surface area contributed by atoms with Gasteiger partial charge in [0.15, 0.2) is 12.8 Å². The molecule has 0 unspecified atom stereocenters. The van der Waals surface area contributed by atoms with Crippen molar-refractivity contribution in [2.75, 3.05) is 6.61 Å². The molecule has 1 aromatic heterocycles. The Kier molecular flexibility index (Phi) is 2.91. The topological polar surface area (TPSA) is 27.1 Å². The van der Waals surface area contributed by atoms with Gasteiger partial charge < -0.3 is 4.74 Å². The highest BCUT2D eigenvalue weighted by Crippen LogP contribution is 2.19. The zero-order valence-electron chi connectivity index (χ0n) is 7.54. The summed E-state index contributed by atoms with van der Waals surface area (Å²) in [6.45, 7) is 3.76. The van der Waals surface area contributed by atoms with Gasteiger partial charge in [-0.25, -0.2) is 4.68 Å². The van der Waals surface area contributed by atoms with Gasteiger partial charge in [-0.3, -0.25) is 0 Å². The van der Waals surface area contributed by atoms with Crippen LogP contribution >= 0.6 is 0 Å². The van der Waals surface area contributed by atoms with Gasteiger partial charge in [-0.05, 0) is 13.8 Å². The van der Waals surface area contributed by atoms with Crippen LogP contribution in [0.25, 0.3) is 0 Å². The van der Waals surface area contributed by atoms with Crippen LogP contribution in [0, 0.1) is 24.4 Å². The van der Waals surface area contributed by atoms with Gasteiger partial charge >= 0.3 is 0 Å². The van der Waals surface area contributed by atoms with Crippen molar-refractivity contribution in [2.24, 2.45) is 0 Å². The maximum absolute atomic E-state index is 13.0. The Morgan fingerprint density at radius 3 is 3.00 bits per heavy atom. The molecule has 0 aliphatic rings. The fourth-order valence-electron chi connectivity index (χ4n) is 0.881. The molecule has 0 N–H and O–H groups in total. The number of hydrogen-bond donors (Lipinski definition) is 0. The molecule has 0 saturated carbocycles. The standard InChI is InChI=1S/C9H10FN2O/c1-4-5-13-9-8(10)6-11-12(9)7(2)3/h1,7H,5H2,2-3H3. The highest BCUT2D eigenvalue weighted by Gasteiger charge is 2.14. The average molecular weight is 181 g/mol. The minimum Gasteiger partial charge on any atom is -0.463 e. The molecular formula is C9H10FN2O. The summed E-state index contributed by atoms with van der Waals surface area (Å²) in [5, 5.41) is 3.69. The van der Waals surface area contributed by atoms with Crippen LogP contribution in [0.2, 0.25) is 0 Å². The maximum atomic E-state index is 13.0. The number of terminal acetylenes is 1. The second kappa shape index (κ2) is 3.94. The van der Waals surface area contributed by atoms with Crippen molar-refractivity contribution in [1.82, 2.24) is 9.78 Å². The van der Waals surface area contributed by atoms with Gasteiger partial charge in [-0.2, -0.15) is 9.49 Å². The second-order valence-corrected chi connectivity index (χ2v) is 2.76. The number of rotatable bonds is 3. The Morgan fingerprint density at radius 1 is 1.77 bits per heavy atom. The van der Waals surface area contributed by atoms with E-state index in [0.717, 1.165) is 0 Å². The molecule has 0 spiro atoms. The number of hydrogen-bond acceptors (Lipinski definition) is 2. The molecule has 1 heterocycles. The molecule has 4 heteroatoms. The van der Waals surface area contributed by atoms with Gasteiger partial charge in [0.05, 0.1) is 6.04 Å². The van der Waals surface area contributed by atoms with Crippen LogP contribution in [0.1, 0.15) is 19.9 Å². The van der Waals surface area contributed by atoms with E-state index in [4.69, 9.17) is 11.2 Å². The van der Waals surface area contributed by atoms with E-state index in [-0.39, 0.29) is 18.5 Å². The van der Waals surface area contributed by atoms with E-state index in [1.807, 2.05) is 13.8 Å². The summed E-state index contributed by atoms with van der Waals surface area (Å²) in [5.74, 6) is 1.70. The van der Waals surface area contributed by atoms with E-state index in [1.165, 1.54) is 4.68 Å². The molecule has 0 fully saturated rings. The monoisotopic (exact) mass is 181 g/mol. The average Bonchev–Trinajstić information content (AvgIpc) is 2.43. The molecule has 0 amide bonds. The SMILES string of the molecule is C#CCOc1c(F)[c]nn1C(C)C. The van der Waals surface area contributed by atoms with E-state index >= 15 is 0 Å². The first-order valence-corrected chi connectivity index (χ1v) is 3.88. The van der Waals surface area contributed by atoms with E-state index in [9.17, 15) is 4.39 Å². The third kappa shape index (κ3) is 2.00. The minimum absolute atomic E-state index is 0.0218. The molecule has 1 rings (SSSR count). The van der Waals surface area contributed by atoms with Crippen molar-refractivity contribution >= 4 is 0 Å². The molecule has 0 aliphatic heterocycles. The molecule has 0 aliphatic carbocycles.